The third kappa shape index (κ3) is 2.83. The van der Waals surface area contributed by atoms with Crippen molar-refractivity contribution in [3.05, 3.63) is 0 Å². The van der Waals surface area contributed by atoms with E-state index in [1.807, 2.05) is 6.92 Å². The van der Waals surface area contributed by atoms with Gasteiger partial charge in [-0.2, -0.15) is 0 Å². The minimum atomic E-state index is -0.843. The SMILES string of the molecule is CC(NC(=O)[C@@H]1CCC[C@@H]1C(=O)O)C1CCOC1. The first-order valence-corrected chi connectivity index (χ1v) is 6.70. The average molecular weight is 255 g/mol. The molecule has 2 aliphatic rings. The first-order chi connectivity index (χ1) is 8.59. The Hall–Kier alpha value is -1.10. The lowest BCUT2D eigenvalue weighted by molar-refractivity contribution is -0.146. The van der Waals surface area contributed by atoms with Crippen LogP contribution in [0.1, 0.15) is 32.6 Å². The Bertz CT molecular complexity index is 325. The Morgan fingerprint density at radius 2 is 2.00 bits per heavy atom. The summed E-state index contributed by atoms with van der Waals surface area (Å²) in [5.41, 5.74) is 0. The van der Waals surface area contributed by atoms with Crippen LogP contribution in [-0.2, 0) is 14.3 Å². The summed E-state index contributed by atoms with van der Waals surface area (Å²) in [7, 11) is 0. The summed E-state index contributed by atoms with van der Waals surface area (Å²) in [4.78, 5) is 23.2. The molecule has 1 saturated heterocycles. The Balaban J connectivity index is 1.88. The van der Waals surface area contributed by atoms with Gasteiger partial charge in [-0.1, -0.05) is 6.42 Å². The summed E-state index contributed by atoms with van der Waals surface area (Å²) < 4.78 is 5.30. The molecule has 1 amide bonds. The van der Waals surface area contributed by atoms with Crippen molar-refractivity contribution >= 4 is 11.9 Å². The molecule has 1 aliphatic heterocycles. The highest BCUT2D eigenvalue weighted by atomic mass is 16.5. The van der Waals surface area contributed by atoms with Crippen LogP contribution in [0.4, 0.5) is 0 Å². The summed E-state index contributed by atoms with van der Waals surface area (Å²) in [5.74, 6) is -1.44. The number of hydrogen-bond acceptors (Lipinski definition) is 3. The highest BCUT2D eigenvalue weighted by Gasteiger charge is 2.38. The normalized spacial score (nSPS) is 33.3. The molecule has 2 fully saturated rings. The number of ether oxygens (including phenoxy) is 1. The zero-order valence-corrected chi connectivity index (χ0v) is 10.7. The number of carboxylic acid groups (broad SMARTS) is 1. The largest absolute Gasteiger partial charge is 0.481 e. The van der Waals surface area contributed by atoms with E-state index in [0.717, 1.165) is 19.4 Å². The first kappa shape index (κ1) is 13.3. The third-order valence-electron chi connectivity index (χ3n) is 4.21. The molecule has 2 rings (SSSR count). The van der Waals surface area contributed by atoms with E-state index in [9.17, 15) is 9.59 Å². The van der Waals surface area contributed by atoms with E-state index >= 15 is 0 Å². The molecule has 0 aromatic carbocycles. The van der Waals surface area contributed by atoms with Crippen LogP contribution in [0, 0.1) is 17.8 Å². The van der Waals surface area contributed by atoms with Gasteiger partial charge in [0.15, 0.2) is 0 Å². The molecule has 18 heavy (non-hydrogen) atoms. The molecule has 1 saturated carbocycles. The molecule has 0 aromatic rings. The second-order valence-electron chi connectivity index (χ2n) is 5.40. The molecule has 0 bridgehead atoms. The van der Waals surface area contributed by atoms with Crippen LogP contribution >= 0.6 is 0 Å². The number of nitrogens with one attached hydrogen (secondary N) is 1. The van der Waals surface area contributed by atoms with Crippen LogP contribution in [0.2, 0.25) is 0 Å². The maximum absolute atomic E-state index is 12.1. The smallest absolute Gasteiger partial charge is 0.307 e. The van der Waals surface area contributed by atoms with Gasteiger partial charge in [0.2, 0.25) is 5.91 Å². The van der Waals surface area contributed by atoms with Gasteiger partial charge in [-0.25, -0.2) is 0 Å². The number of amides is 1. The van der Waals surface area contributed by atoms with Gasteiger partial charge >= 0.3 is 5.97 Å². The van der Waals surface area contributed by atoms with Crippen LogP contribution in [-0.4, -0.2) is 36.2 Å². The van der Waals surface area contributed by atoms with Crippen molar-refractivity contribution < 1.29 is 19.4 Å². The summed E-state index contributed by atoms with van der Waals surface area (Å²) in [5, 5.41) is 12.0. The fourth-order valence-corrected chi connectivity index (χ4v) is 2.97. The van der Waals surface area contributed by atoms with Crippen LogP contribution in [0.5, 0.6) is 0 Å². The second kappa shape index (κ2) is 5.69. The van der Waals surface area contributed by atoms with Gasteiger partial charge in [0, 0.05) is 18.6 Å². The van der Waals surface area contributed by atoms with Gasteiger partial charge in [0.1, 0.15) is 0 Å². The molecule has 2 N–H and O–H groups in total. The summed E-state index contributed by atoms with van der Waals surface area (Å²) in [6.45, 7) is 3.42. The molecule has 1 aliphatic carbocycles. The lowest BCUT2D eigenvalue weighted by Crippen LogP contribution is -2.43. The molecule has 0 aromatic heterocycles. The number of carbonyl (C=O) groups excluding carboxylic acids is 1. The van der Waals surface area contributed by atoms with Crippen molar-refractivity contribution in [3.8, 4) is 0 Å². The average Bonchev–Trinajstić information content (AvgIpc) is 3.00. The Labute approximate surface area is 107 Å². The van der Waals surface area contributed by atoms with Crippen molar-refractivity contribution in [1.82, 2.24) is 5.32 Å². The van der Waals surface area contributed by atoms with Crippen LogP contribution < -0.4 is 5.32 Å². The molecule has 1 heterocycles. The molecule has 5 heteroatoms. The Morgan fingerprint density at radius 1 is 1.28 bits per heavy atom. The summed E-state index contributed by atoms with van der Waals surface area (Å²) in [6.07, 6.45) is 3.11. The Kier molecular flexibility index (Phi) is 4.22. The highest BCUT2D eigenvalue weighted by molar-refractivity contribution is 5.85. The monoisotopic (exact) mass is 255 g/mol. The van der Waals surface area contributed by atoms with Gasteiger partial charge in [-0.05, 0) is 26.2 Å². The molecule has 2 unspecified atom stereocenters. The lowest BCUT2D eigenvalue weighted by atomic mass is 9.93. The van der Waals surface area contributed by atoms with E-state index in [1.165, 1.54) is 0 Å². The van der Waals surface area contributed by atoms with Crippen molar-refractivity contribution in [3.63, 3.8) is 0 Å². The predicted molar refractivity (Wildman–Crippen MR) is 65.0 cm³/mol. The second-order valence-corrected chi connectivity index (χ2v) is 5.40. The van der Waals surface area contributed by atoms with Crippen molar-refractivity contribution in [2.24, 2.45) is 17.8 Å². The lowest BCUT2D eigenvalue weighted by Gasteiger charge is -2.23. The molecule has 4 atom stereocenters. The van der Waals surface area contributed by atoms with Gasteiger partial charge in [-0.15, -0.1) is 0 Å². The summed E-state index contributed by atoms with van der Waals surface area (Å²) >= 11 is 0. The summed E-state index contributed by atoms with van der Waals surface area (Å²) in [6, 6.07) is 0.0649. The fraction of sp³-hybridized carbons (Fsp3) is 0.846. The van der Waals surface area contributed by atoms with E-state index in [4.69, 9.17) is 9.84 Å². The maximum atomic E-state index is 12.1. The van der Waals surface area contributed by atoms with E-state index in [2.05, 4.69) is 5.32 Å². The molecule has 0 radical (unpaired) electrons. The number of carboxylic acids is 1. The predicted octanol–water partition coefficient (Wildman–Crippen LogP) is 1.03. The molecular weight excluding hydrogens is 234 g/mol. The van der Waals surface area contributed by atoms with Gasteiger partial charge in [-0.3, -0.25) is 9.59 Å². The third-order valence-corrected chi connectivity index (χ3v) is 4.21. The fourth-order valence-electron chi connectivity index (χ4n) is 2.97. The first-order valence-electron chi connectivity index (χ1n) is 6.70. The van der Waals surface area contributed by atoms with Crippen LogP contribution in [0.3, 0.4) is 0 Å². The van der Waals surface area contributed by atoms with E-state index in [1.54, 1.807) is 0 Å². The van der Waals surface area contributed by atoms with Gasteiger partial charge in [0.25, 0.3) is 0 Å². The standard InChI is InChI=1S/C13H21NO4/c1-8(9-5-6-18-7-9)14-12(15)10-3-2-4-11(10)13(16)17/h8-11H,2-7H2,1H3,(H,14,15)(H,16,17)/t8?,9?,10-,11+/m1/s1. The molecule has 5 nitrogen and oxygen atoms in total. The number of aliphatic carboxylic acids is 1. The van der Waals surface area contributed by atoms with Crippen LogP contribution in [0.15, 0.2) is 0 Å². The van der Waals surface area contributed by atoms with Crippen molar-refractivity contribution in [2.75, 3.05) is 13.2 Å². The van der Waals surface area contributed by atoms with E-state index in [-0.39, 0.29) is 17.9 Å². The highest BCUT2D eigenvalue weighted by Crippen LogP contribution is 2.32. The quantitative estimate of drug-likeness (QED) is 0.786. The molecule has 0 spiro atoms. The van der Waals surface area contributed by atoms with Crippen molar-refractivity contribution in [1.29, 1.82) is 0 Å². The molecular formula is C13H21NO4. The van der Waals surface area contributed by atoms with E-state index < -0.39 is 11.9 Å². The number of rotatable bonds is 4. The zero-order chi connectivity index (χ0) is 13.1. The maximum Gasteiger partial charge on any atom is 0.307 e. The zero-order valence-electron chi connectivity index (χ0n) is 10.7. The minimum absolute atomic E-state index is 0.0649. The van der Waals surface area contributed by atoms with Gasteiger partial charge in [0.05, 0.1) is 18.4 Å². The minimum Gasteiger partial charge on any atom is -0.481 e. The molecule has 102 valence electrons. The van der Waals surface area contributed by atoms with E-state index in [0.29, 0.717) is 25.4 Å². The van der Waals surface area contributed by atoms with Crippen LogP contribution in [0.25, 0.3) is 0 Å². The van der Waals surface area contributed by atoms with Crippen molar-refractivity contribution in [2.45, 2.75) is 38.6 Å². The topological polar surface area (TPSA) is 75.6 Å². The number of hydrogen-bond donors (Lipinski definition) is 2. The van der Waals surface area contributed by atoms with Gasteiger partial charge < -0.3 is 15.2 Å². The number of carbonyl (C=O) groups is 2. The Morgan fingerprint density at radius 3 is 2.61 bits per heavy atom.